The van der Waals surface area contributed by atoms with Crippen molar-refractivity contribution in [2.24, 2.45) is 0 Å². The first-order chi connectivity index (χ1) is 15.7. The van der Waals surface area contributed by atoms with Gasteiger partial charge in [-0.15, -0.1) is 0 Å². The molecular formula is C25H28FN3O4. The lowest BCUT2D eigenvalue weighted by molar-refractivity contribution is -0.156. The third-order valence-electron chi connectivity index (χ3n) is 5.50. The van der Waals surface area contributed by atoms with Gasteiger partial charge in [0.1, 0.15) is 22.8 Å². The lowest BCUT2D eigenvalue weighted by Gasteiger charge is -2.25. The monoisotopic (exact) mass is 453 g/mol. The molecule has 3 heterocycles. The summed E-state index contributed by atoms with van der Waals surface area (Å²) >= 11 is 0. The highest BCUT2D eigenvalue weighted by atomic mass is 19.1. The summed E-state index contributed by atoms with van der Waals surface area (Å²) in [5.74, 6) is -0.126. The Morgan fingerprint density at radius 2 is 2.06 bits per heavy atom. The highest BCUT2D eigenvalue weighted by molar-refractivity contribution is 5.97. The second kappa shape index (κ2) is 8.96. The van der Waals surface area contributed by atoms with Crippen LogP contribution >= 0.6 is 0 Å². The van der Waals surface area contributed by atoms with Gasteiger partial charge in [0.25, 0.3) is 0 Å². The number of aliphatic hydroxyl groups is 1. The van der Waals surface area contributed by atoms with Crippen molar-refractivity contribution in [2.75, 3.05) is 26.8 Å². The number of pyridine rings is 1. The van der Waals surface area contributed by atoms with Crippen LogP contribution in [0.2, 0.25) is 0 Å². The quantitative estimate of drug-likeness (QED) is 0.553. The van der Waals surface area contributed by atoms with Crippen LogP contribution in [-0.4, -0.2) is 64.4 Å². The van der Waals surface area contributed by atoms with Crippen molar-refractivity contribution >= 4 is 22.6 Å². The summed E-state index contributed by atoms with van der Waals surface area (Å²) < 4.78 is 24.9. The third-order valence-corrected chi connectivity index (χ3v) is 5.50. The number of ether oxygens (including phenoxy) is 2. The molecule has 2 N–H and O–H groups in total. The first-order valence-corrected chi connectivity index (χ1v) is 10.8. The number of nitrogens with one attached hydrogen (secondary N) is 1. The van der Waals surface area contributed by atoms with Crippen molar-refractivity contribution in [2.45, 2.75) is 32.4 Å². The maximum absolute atomic E-state index is 14.0. The van der Waals surface area contributed by atoms with E-state index >= 15 is 0 Å². The van der Waals surface area contributed by atoms with E-state index in [1.54, 1.807) is 19.4 Å². The Labute approximate surface area is 191 Å². The van der Waals surface area contributed by atoms with Crippen LogP contribution in [0.3, 0.4) is 0 Å². The Bertz CT molecular complexity index is 1210. The van der Waals surface area contributed by atoms with E-state index in [1.807, 2.05) is 43.9 Å². The summed E-state index contributed by atoms with van der Waals surface area (Å²) in [5, 5.41) is 10.7. The molecule has 0 bridgehead atoms. The Hall–Kier alpha value is -3.23. The van der Waals surface area contributed by atoms with E-state index in [1.165, 1.54) is 12.1 Å². The minimum absolute atomic E-state index is 0.0761. The number of aromatic amines is 1. The predicted octanol–water partition coefficient (Wildman–Crippen LogP) is 3.78. The van der Waals surface area contributed by atoms with Crippen molar-refractivity contribution < 1.29 is 23.8 Å². The lowest BCUT2D eigenvalue weighted by atomic mass is 10.0. The summed E-state index contributed by atoms with van der Waals surface area (Å²) in [6, 6.07) is 7.89. The maximum atomic E-state index is 14.0. The van der Waals surface area contributed by atoms with Crippen LogP contribution in [0.4, 0.5) is 4.39 Å². The number of rotatable bonds is 6. The average molecular weight is 454 g/mol. The van der Waals surface area contributed by atoms with Gasteiger partial charge < -0.3 is 19.6 Å². The van der Waals surface area contributed by atoms with Crippen LogP contribution in [0.25, 0.3) is 27.7 Å². The molecule has 1 unspecified atom stereocenters. The topological polar surface area (TPSA) is 87.7 Å². The van der Waals surface area contributed by atoms with Gasteiger partial charge >= 0.3 is 5.97 Å². The Kier molecular flexibility index (Phi) is 6.23. The Balaban J connectivity index is 1.64. The standard InChI is InChI=1S/C25H28FN3O4/c1-25(2,3)33-23(31)13-29-12-15(9-17(29)14-30)21-11-20-18(7-8-27-24(20)28-21)19-10-16(26)5-6-22(19)32-4/h5-11,17,30H,12-14H2,1-4H3,(H,27,28). The van der Waals surface area contributed by atoms with E-state index in [-0.39, 0.29) is 31.0 Å². The molecule has 8 heteroatoms. The third kappa shape index (κ3) is 4.91. The molecule has 174 valence electrons. The lowest BCUT2D eigenvalue weighted by Crippen LogP contribution is -2.39. The van der Waals surface area contributed by atoms with Crippen molar-refractivity contribution in [1.29, 1.82) is 0 Å². The molecule has 7 nitrogen and oxygen atoms in total. The maximum Gasteiger partial charge on any atom is 0.320 e. The number of benzene rings is 1. The van der Waals surface area contributed by atoms with E-state index in [0.717, 1.165) is 22.2 Å². The molecule has 4 rings (SSSR count). The molecule has 1 aliphatic heterocycles. The van der Waals surface area contributed by atoms with Gasteiger partial charge in [-0.3, -0.25) is 9.69 Å². The molecule has 3 aromatic rings. The number of esters is 1. The molecule has 1 atom stereocenters. The van der Waals surface area contributed by atoms with Gasteiger partial charge in [0.05, 0.1) is 26.3 Å². The second-order valence-electron chi connectivity index (χ2n) is 9.08. The molecule has 0 aliphatic carbocycles. The first-order valence-electron chi connectivity index (χ1n) is 10.8. The van der Waals surface area contributed by atoms with Crippen molar-refractivity contribution in [3.05, 3.63) is 54.1 Å². The van der Waals surface area contributed by atoms with E-state index in [4.69, 9.17) is 9.47 Å². The molecule has 0 spiro atoms. The van der Waals surface area contributed by atoms with Gasteiger partial charge in [-0.1, -0.05) is 6.08 Å². The van der Waals surface area contributed by atoms with Crippen molar-refractivity contribution in [3.63, 3.8) is 0 Å². The molecule has 33 heavy (non-hydrogen) atoms. The number of methoxy groups -OCH3 is 1. The fourth-order valence-electron chi connectivity index (χ4n) is 4.11. The summed E-state index contributed by atoms with van der Waals surface area (Å²) in [5.41, 5.74) is 3.27. The summed E-state index contributed by atoms with van der Waals surface area (Å²) in [4.78, 5) is 21.9. The van der Waals surface area contributed by atoms with Gasteiger partial charge in [0.2, 0.25) is 0 Å². The second-order valence-corrected chi connectivity index (χ2v) is 9.08. The number of halogens is 1. The van der Waals surface area contributed by atoms with E-state index in [0.29, 0.717) is 23.5 Å². The SMILES string of the molecule is COc1ccc(F)cc1-c1ccnc2[nH]c(C3=CC(CO)N(CC(=O)OC(C)(C)C)C3)cc12. The van der Waals surface area contributed by atoms with Crippen LogP contribution in [0.1, 0.15) is 26.5 Å². The summed E-state index contributed by atoms with van der Waals surface area (Å²) in [6.45, 7) is 5.90. The van der Waals surface area contributed by atoms with Crippen LogP contribution in [0, 0.1) is 5.82 Å². The average Bonchev–Trinajstić information content (AvgIpc) is 3.35. The molecule has 0 amide bonds. The zero-order valence-corrected chi connectivity index (χ0v) is 19.2. The van der Waals surface area contributed by atoms with Crippen LogP contribution in [-0.2, 0) is 9.53 Å². The number of aliphatic hydroxyl groups excluding tert-OH is 1. The van der Waals surface area contributed by atoms with E-state index in [9.17, 15) is 14.3 Å². The number of carbonyl (C=O) groups excluding carboxylic acids is 1. The van der Waals surface area contributed by atoms with Crippen LogP contribution in [0.5, 0.6) is 5.75 Å². The number of fused-ring (bicyclic) bond motifs is 1. The van der Waals surface area contributed by atoms with Gasteiger partial charge in [-0.2, -0.15) is 0 Å². The van der Waals surface area contributed by atoms with Crippen molar-refractivity contribution in [3.8, 4) is 16.9 Å². The molecule has 1 aliphatic rings. The van der Waals surface area contributed by atoms with Crippen LogP contribution in [0.15, 0.2) is 42.6 Å². The molecule has 2 aromatic heterocycles. The van der Waals surface area contributed by atoms with Gasteiger partial charge in [0.15, 0.2) is 0 Å². The molecule has 0 radical (unpaired) electrons. The first kappa shape index (κ1) is 22.9. The number of carbonyl (C=O) groups is 1. The zero-order chi connectivity index (χ0) is 23.8. The number of hydrogen-bond donors (Lipinski definition) is 2. The number of hydrogen-bond acceptors (Lipinski definition) is 6. The number of H-pyrrole nitrogens is 1. The fourth-order valence-corrected chi connectivity index (χ4v) is 4.11. The Morgan fingerprint density at radius 3 is 2.76 bits per heavy atom. The van der Waals surface area contributed by atoms with Crippen molar-refractivity contribution in [1.82, 2.24) is 14.9 Å². The van der Waals surface area contributed by atoms with Gasteiger partial charge in [-0.05, 0) is 62.2 Å². The Morgan fingerprint density at radius 1 is 1.27 bits per heavy atom. The minimum atomic E-state index is -0.570. The molecule has 0 fully saturated rings. The van der Waals surface area contributed by atoms with Gasteiger partial charge in [0, 0.05) is 29.4 Å². The van der Waals surface area contributed by atoms with Gasteiger partial charge in [-0.25, -0.2) is 9.37 Å². The zero-order valence-electron chi connectivity index (χ0n) is 19.2. The molecule has 1 aromatic carbocycles. The molecular weight excluding hydrogens is 425 g/mol. The minimum Gasteiger partial charge on any atom is -0.496 e. The predicted molar refractivity (Wildman–Crippen MR) is 124 cm³/mol. The normalized spacial score (nSPS) is 16.8. The van der Waals surface area contributed by atoms with E-state index < -0.39 is 5.60 Å². The summed E-state index contributed by atoms with van der Waals surface area (Å²) in [7, 11) is 1.55. The van der Waals surface area contributed by atoms with Crippen LogP contribution < -0.4 is 4.74 Å². The highest BCUT2D eigenvalue weighted by Gasteiger charge is 2.29. The number of nitrogens with zero attached hydrogens (tertiary/aromatic N) is 2. The summed E-state index contributed by atoms with van der Waals surface area (Å²) in [6.07, 6.45) is 3.61. The molecule has 0 saturated carbocycles. The smallest absolute Gasteiger partial charge is 0.320 e. The fraction of sp³-hybridized carbons (Fsp3) is 0.360. The molecule has 0 saturated heterocycles. The van der Waals surface area contributed by atoms with E-state index in [2.05, 4.69) is 9.97 Å². The largest absolute Gasteiger partial charge is 0.496 e. The number of aromatic nitrogens is 2. The highest BCUT2D eigenvalue weighted by Crippen LogP contribution is 2.36.